The molecule has 0 saturated carbocycles. The average Bonchev–Trinajstić information content (AvgIpc) is 2.67. The van der Waals surface area contributed by atoms with Crippen molar-refractivity contribution in [1.29, 1.82) is 0 Å². The first kappa shape index (κ1) is 19.4. The van der Waals surface area contributed by atoms with Gasteiger partial charge >= 0.3 is 0 Å². The van der Waals surface area contributed by atoms with Crippen molar-refractivity contribution in [3.63, 3.8) is 0 Å². The van der Waals surface area contributed by atoms with Crippen LogP contribution in [0.15, 0.2) is 5.38 Å². The molecule has 0 aliphatic heterocycles. The summed E-state index contributed by atoms with van der Waals surface area (Å²) in [4.78, 5) is 15.2. The standard InChI is InChI=1S/C7H10N2O3S2.2C2H6/c1-5-8-6(4-13-5)3-7(10)9-14(2,11)12;2*1-2/h4H,3H2,1-2H3,(H,9,10);2*1-2H3. The lowest BCUT2D eigenvalue weighted by Crippen LogP contribution is -2.30. The summed E-state index contributed by atoms with van der Waals surface area (Å²) in [7, 11) is -3.46. The van der Waals surface area contributed by atoms with Crippen LogP contribution in [-0.2, 0) is 21.2 Å². The van der Waals surface area contributed by atoms with Crippen LogP contribution in [0.2, 0.25) is 0 Å². The Morgan fingerprint density at radius 3 is 2.17 bits per heavy atom. The van der Waals surface area contributed by atoms with Crippen molar-refractivity contribution in [1.82, 2.24) is 9.71 Å². The Morgan fingerprint density at radius 2 is 1.83 bits per heavy atom. The summed E-state index contributed by atoms with van der Waals surface area (Å²) in [5, 5.41) is 2.59. The van der Waals surface area contributed by atoms with Crippen LogP contribution in [0.5, 0.6) is 0 Å². The SMILES string of the molecule is CC.CC.Cc1nc(CC(=O)NS(C)(=O)=O)cs1. The van der Waals surface area contributed by atoms with Crippen LogP contribution in [0.25, 0.3) is 0 Å². The molecule has 0 spiro atoms. The van der Waals surface area contributed by atoms with E-state index in [-0.39, 0.29) is 6.42 Å². The number of nitrogens with one attached hydrogen (secondary N) is 1. The second kappa shape index (κ2) is 10.0. The Bertz CT molecular complexity index is 439. The van der Waals surface area contributed by atoms with Gasteiger partial charge in [-0.3, -0.25) is 9.52 Å². The molecule has 0 saturated heterocycles. The Balaban J connectivity index is 0. The van der Waals surface area contributed by atoms with E-state index < -0.39 is 15.9 Å². The van der Waals surface area contributed by atoms with Crippen LogP contribution >= 0.6 is 11.3 Å². The predicted molar refractivity (Wildman–Crippen MR) is 76.2 cm³/mol. The largest absolute Gasteiger partial charge is 0.274 e. The molecule has 1 N–H and O–H groups in total. The van der Waals surface area contributed by atoms with Crippen molar-refractivity contribution in [3.8, 4) is 0 Å². The first-order valence-electron chi connectivity index (χ1n) is 5.78. The van der Waals surface area contributed by atoms with Gasteiger partial charge in [0.05, 0.1) is 23.4 Å². The third kappa shape index (κ3) is 10.2. The Kier molecular flexibility index (Phi) is 10.8. The maximum atomic E-state index is 11.1. The van der Waals surface area contributed by atoms with E-state index in [0.29, 0.717) is 5.69 Å². The average molecular weight is 294 g/mol. The molecule has 0 radical (unpaired) electrons. The molecule has 0 aliphatic rings. The molecule has 5 nitrogen and oxygen atoms in total. The van der Waals surface area contributed by atoms with E-state index in [2.05, 4.69) is 4.98 Å². The fraction of sp³-hybridized carbons (Fsp3) is 0.636. The molecule has 0 aliphatic carbocycles. The summed E-state index contributed by atoms with van der Waals surface area (Å²) in [6, 6.07) is 0. The molecule has 1 amide bonds. The first-order chi connectivity index (χ1) is 8.37. The lowest BCUT2D eigenvalue weighted by Gasteiger charge is -1.99. The maximum Gasteiger partial charge on any atom is 0.239 e. The minimum atomic E-state index is -3.46. The van der Waals surface area contributed by atoms with Crippen LogP contribution in [0.1, 0.15) is 38.4 Å². The number of hydrogen-bond acceptors (Lipinski definition) is 5. The van der Waals surface area contributed by atoms with Gasteiger partial charge in [-0.1, -0.05) is 27.7 Å². The summed E-state index contributed by atoms with van der Waals surface area (Å²) in [5.74, 6) is -0.558. The smallest absolute Gasteiger partial charge is 0.239 e. The van der Waals surface area contributed by atoms with Crippen LogP contribution in [-0.4, -0.2) is 25.6 Å². The van der Waals surface area contributed by atoms with Gasteiger partial charge in [-0.2, -0.15) is 0 Å². The molecule has 1 heterocycles. The molecular weight excluding hydrogens is 272 g/mol. The highest BCUT2D eigenvalue weighted by Gasteiger charge is 2.10. The number of nitrogens with zero attached hydrogens (tertiary/aromatic N) is 1. The van der Waals surface area contributed by atoms with E-state index in [1.54, 1.807) is 5.38 Å². The number of carbonyl (C=O) groups is 1. The van der Waals surface area contributed by atoms with Crippen molar-refractivity contribution >= 4 is 27.3 Å². The lowest BCUT2D eigenvalue weighted by atomic mass is 10.3. The van der Waals surface area contributed by atoms with Crippen molar-refractivity contribution in [2.24, 2.45) is 0 Å². The van der Waals surface area contributed by atoms with Crippen molar-refractivity contribution in [2.75, 3.05) is 6.26 Å². The van der Waals surface area contributed by atoms with E-state index in [4.69, 9.17) is 0 Å². The van der Waals surface area contributed by atoms with E-state index >= 15 is 0 Å². The van der Waals surface area contributed by atoms with Crippen molar-refractivity contribution in [2.45, 2.75) is 41.0 Å². The normalized spacial score (nSPS) is 9.44. The van der Waals surface area contributed by atoms with Gasteiger partial charge in [0, 0.05) is 5.38 Å². The predicted octanol–water partition coefficient (Wildman–Crippen LogP) is 2.12. The molecule has 1 aromatic heterocycles. The minimum absolute atomic E-state index is 0.00257. The molecule has 1 aromatic rings. The lowest BCUT2D eigenvalue weighted by molar-refractivity contribution is -0.118. The molecule has 0 unspecified atom stereocenters. The molecule has 0 atom stereocenters. The minimum Gasteiger partial charge on any atom is -0.274 e. The van der Waals surface area contributed by atoms with Gasteiger partial charge < -0.3 is 0 Å². The number of sulfonamides is 1. The van der Waals surface area contributed by atoms with Gasteiger partial charge in [0.2, 0.25) is 15.9 Å². The number of carbonyl (C=O) groups excluding carboxylic acids is 1. The molecule has 18 heavy (non-hydrogen) atoms. The van der Waals surface area contributed by atoms with Gasteiger partial charge in [0.1, 0.15) is 0 Å². The van der Waals surface area contributed by atoms with E-state index in [9.17, 15) is 13.2 Å². The monoisotopic (exact) mass is 294 g/mol. The second-order valence-electron chi connectivity index (χ2n) is 2.83. The van der Waals surface area contributed by atoms with Crippen LogP contribution in [0, 0.1) is 6.92 Å². The highest BCUT2D eigenvalue weighted by molar-refractivity contribution is 7.89. The number of rotatable bonds is 3. The number of aromatic nitrogens is 1. The van der Waals surface area contributed by atoms with E-state index in [1.807, 2.05) is 39.3 Å². The van der Waals surface area contributed by atoms with Crippen LogP contribution in [0.3, 0.4) is 0 Å². The zero-order chi connectivity index (χ0) is 14.8. The third-order valence-corrected chi connectivity index (χ3v) is 2.73. The topological polar surface area (TPSA) is 76.1 Å². The third-order valence-electron chi connectivity index (χ3n) is 1.31. The summed E-state index contributed by atoms with van der Waals surface area (Å²) >= 11 is 1.42. The number of aryl methyl sites for hydroxylation is 1. The fourth-order valence-corrected chi connectivity index (χ4v) is 2.00. The molecule has 7 heteroatoms. The van der Waals surface area contributed by atoms with E-state index in [1.165, 1.54) is 11.3 Å². The quantitative estimate of drug-likeness (QED) is 0.926. The summed E-state index contributed by atoms with van der Waals surface area (Å²) in [6.45, 7) is 9.82. The van der Waals surface area contributed by atoms with Gasteiger partial charge in [-0.25, -0.2) is 13.4 Å². The zero-order valence-corrected chi connectivity index (χ0v) is 13.4. The first-order valence-corrected chi connectivity index (χ1v) is 8.55. The molecule has 0 aromatic carbocycles. The Hall–Kier alpha value is -0.950. The summed E-state index contributed by atoms with van der Waals surface area (Å²) < 4.78 is 23.2. The fourth-order valence-electron chi connectivity index (χ4n) is 0.897. The molecule has 106 valence electrons. The zero-order valence-electron chi connectivity index (χ0n) is 11.8. The van der Waals surface area contributed by atoms with Gasteiger partial charge in [0.25, 0.3) is 0 Å². The number of thiazole rings is 1. The number of amides is 1. The van der Waals surface area contributed by atoms with Crippen LogP contribution < -0.4 is 4.72 Å². The highest BCUT2D eigenvalue weighted by atomic mass is 32.2. The van der Waals surface area contributed by atoms with Gasteiger partial charge in [-0.15, -0.1) is 11.3 Å². The van der Waals surface area contributed by atoms with Gasteiger partial charge in [-0.05, 0) is 6.92 Å². The second-order valence-corrected chi connectivity index (χ2v) is 5.64. The number of hydrogen-bond donors (Lipinski definition) is 1. The van der Waals surface area contributed by atoms with Gasteiger partial charge in [0.15, 0.2) is 0 Å². The molecule has 0 bridgehead atoms. The molecule has 0 fully saturated rings. The maximum absolute atomic E-state index is 11.1. The Labute approximate surface area is 114 Å². The van der Waals surface area contributed by atoms with Crippen molar-refractivity contribution in [3.05, 3.63) is 16.1 Å². The summed E-state index contributed by atoms with van der Waals surface area (Å²) in [6.07, 6.45) is 0.939. The van der Waals surface area contributed by atoms with Crippen LogP contribution in [0.4, 0.5) is 0 Å². The Morgan fingerprint density at radius 1 is 1.33 bits per heavy atom. The summed E-state index contributed by atoms with van der Waals surface area (Å²) in [5.41, 5.74) is 0.591. The molecular formula is C11H22N2O3S2. The van der Waals surface area contributed by atoms with E-state index in [0.717, 1.165) is 11.3 Å². The molecule has 1 rings (SSSR count). The highest BCUT2D eigenvalue weighted by Crippen LogP contribution is 2.08. The van der Waals surface area contributed by atoms with Crippen molar-refractivity contribution < 1.29 is 13.2 Å².